The molecule has 0 aliphatic carbocycles. The first kappa shape index (κ1) is 32.0. The van der Waals surface area contributed by atoms with E-state index in [1.807, 2.05) is 0 Å². The Kier molecular flexibility index (Phi) is 24.1. The standard InChI is InChI=1S/C31H66N/c1-6-8-10-12-14-16-18-19-20-22-24-26-28-30-31(32(3,4)5)29-27-25-23-21-17-15-13-11-9-7-2/h31H,6-30H2,1-5H3/q+1. The molecule has 0 rings (SSSR count). The quantitative estimate of drug-likeness (QED) is 0.0903. The summed E-state index contributed by atoms with van der Waals surface area (Å²) in [6.45, 7) is 4.61. The second-order valence-electron chi connectivity index (χ2n) is 11.8. The number of nitrogens with zero attached hydrogens (tertiary/aromatic N) is 1. The highest BCUT2D eigenvalue weighted by atomic mass is 15.3. The average Bonchev–Trinajstić information content (AvgIpc) is 2.75. The van der Waals surface area contributed by atoms with Crippen LogP contribution in [0.15, 0.2) is 0 Å². The zero-order valence-corrected chi connectivity index (χ0v) is 23.7. The van der Waals surface area contributed by atoms with E-state index in [9.17, 15) is 0 Å². The van der Waals surface area contributed by atoms with Crippen molar-refractivity contribution in [1.29, 1.82) is 0 Å². The largest absolute Gasteiger partial charge is 0.328 e. The summed E-state index contributed by atoms with van der Waals surface area (Å²) in [7, 11) is 7.26. The van der Waals surface area contributed by atoms with Crippen LogP contribution in [0.5, 0.6) is 0 Å². The van der Waals surface area contributed by atoms with Crippen molar-refractivity contribution in [3.05, 3.63) is 0 Å². The molecule has 0 aromatic heterocycles. The van der Waals surface area contributed by atoms with Gasteiger partial charge in [-0.25, -0.2) is 0 Å². The Balaban J connectivity index is 3.56. The fourth-order valence-corrected chi connectivity index (χ4v) is 5.18. The maximum absolute atomic E-state index is 2.42. The molecule has 1 heteroatoms. The van der Waals surface area contributed by atoms with Crippen LogP contribution in [-0.4, -0.2) is 31.7 Å². The van der Waals surface area contributed by atoms with Gasteiger partial charge in [0.25, 0.3) is 0 Å². The van der Waals surface area contributed by atoms with Gasteiger partial charge in [-0.05, 0) is 25.7 Å². The van der Waals surface area contributed by atoms with Crippen molar-refractivity contribution < 1.29 is 4.48 Å². The van der Waals surface area contributed by atoms with Gasteiger partial charge in [0.2, 0.25) is 0 Å². The van der Waals surface area contributed by atoms with Gasteiger partial charge in [-0.15, -0.1) is 0 Å². The summed E-state index contributed by atoms with van der Waals surface area (Å²) in [5.41, 5.74) is 0. The third-order valence-electron chi connectivity index (χ3n) is 7.63. The number of hydrogen-bond acceptors (Lipinski definition) is 0. The van der Waals surface area contributed by atoms with E-state index in [1.165, 1.54) is 161 Å². The molecule has 0 aromatic rings. The lowest BCUT2D eigenvalue weighted by Crippen LogP contribution is -2.45. The summed E-state index contributed by atoms with van der Waals surface area (Å²) >= 11 is 0. The van der Waals surface area contributed by atoms with Crippen molar-refractivity contribution in [3.8, 4) is 0 Å². The molecule has 0 aliphatic rings. The van der Waals surface area contributed by atoms with Crippen LogP contribution >= 0.6 is 0 Å². The Morgan fingerprint density at radius 1 is 0.344 bits per heavy atom. The molecule has 1 atom stereocenters. The Labute approximate surface area is 206 Å². The summed E-state index contributed by atoms with van der Waals surface area (Å²) in [4.78, 5) is 0. The van der Waals surface area contributed by atoms with Crippen LogP contribution in [0.2, 0.25) is 0 Å². The Bertz CT molecular complexity index is 343. The third-order valence-corrected chi connectivity index (χ3v) is 7.63. The lowest BCUT2D eigenvalue weighted by molar-refractivity contribution is -0.896. The molecule has 0 N–H and O–H groups in total. The molecule has 0 aromatic carbocycles. The van der Waals surface area contributed by atoms with Crippen molar-refractivity contribution in [2.45, 2.75) is 180 Å². The second-order valence-corrected chi connectivity index (χ2v) is 11.8. The predicted octanol–water partition coefficient (Wildman–Crippen LogP) is 10.9. The highest BCUT2D eigenvalue weighted by Crippen LogP contribution is 2.21. The van der Waals surface area contributed by atoms with Gasteiger partial charge in [0.15, 0.2) is 0 Å². The molecule has 1 nitrogen and oxygen atoms in total. The second kappa shape index (κ2) is 24.1. The number of hydrogen-bond donors (Lipinski definition) is 0. The predicted molar refractivity (Wildman–Crippen MR) is 149 cm³/mol. The fourth-order valence-electron chi connectivity index (χ4n) is 5.18. The summed E-state index contributed by atoms with van der Waals surface area (Å²) in [6.07, 6.45) is 36.4. The van der Waals surface area contributed by atoms with Crippen molar-refractivity contribution in [2.75, 3.05) is 21.1 Å². The first-order chi connectivity index (χ1) is 15.5. The molecule has 0 saturated heterocycles. The van der Waals surface area contributed by atoms with Gasteiger partial charge in [-0.1, -0.05) is 149 Å². The average molecular weight is 453 g/mol. The summed E-state index contributed by atoms with van der Waals surface area (Å²) in [5.74, 6) is 0. The number of rotatable bonds is 26. The number of quaternary nitrogens is 1. The van der Waals surface area contributed by atoms with E-state index >= 15 is 0 Å². The van der Waals surface area contributed by atoms with Gasteiger partial charge in [-0.3, -0.25) is 0 Å². The van der Waals surface area contributed by atoms with Gasteiger partial charge >= 0.3 is 0 Å². The van der Waals surface area contributed by atoms with Crippen LogP contribution in [0.3, 0.4) is 0 Å². The van der Waals surface area contributed by atoms with Gasteiger partial charge in [-0.2, -0.15) is 0 Å². The van der Waals surface area contributed by atoms with Crippen LogP contribution in [-0.2, 0) is 0 Å². The zero-order chi connectivity index (χ0) is 23.8. The smallest absolute Gasteiger partial charge is 0.0884 e. The van der Waals surface area contributed by atoms with Crippen LogP contribution < -0.4 is 0 Å². The minimum Gasteiger partial charge on any atom is -0.328 e. The van der Waals surface area contributed by atoms with Gasteiger partial charge in [0.1, 0.15) is 0 Å². The normalized spacial score (nSPS) is 13.0. The van der Waals surface area contributed by atoms with Crippen molar-refractivity contribution in [2.24, 2.45) is 0 Å². The molecule has 32 heavy (non-hydrogen) atoms. The Morgan fingerprint density at radius 3 is 0.781 bits per heavy atom. The minimum atomic E-state index is 0.872. The van der Waals surface area contributed by atoms with E-state index in [1.54, 1.807) is 0 Å². The molecule has 194 valence electrons. The third kappa shape index (κ3) is 23.1. The topological polar surface area (TPSA) is 0 Å². The van der Waals surface area contributed by atoms with E-state index in [0.717, 1.165) is 10.5 Å². The molecular weight excluding hydrogens is 386 g/mol. The van der Waals surface area contributed by atoms with Crippen molar-refractivity contribution in [3.63, 3.8) is 0 Å². The Morgan fingerprint density at radius 2 is 0.562 bits per heavy atom. The van der Waals surface area contributed by atoms with Crippen molar-refractivity contribution in [1.82, 2.24) is 0 Å². The monoisotopic (exact) mass is 453 g/mol. The molecule has 0 aliphatic heterocycles. The van der Waals surface area contributed by atoms with E-state index in [4.69, 9.17) is 0 Å². The SMILES string of the molecule is CCCCCCCCCCCCCCCC(CCCCCCCCCCCC)[N+](C)(C)C. The maximum atomic E-state index is 2.42. The summed E-state index contributed by atoms with van der Waals surface area (Å²) < 4.78 is 1.16. The molecule has 0 radical (unpaired) electrons. The molecule has 0 fully saturated rings. The van der Waals surface area contributed by atoms with Gasteiger partial charge in [0.05, 0.1) is 27.2 Å². The Hall–Kier alpha value is -0.0400. The highest BCUT2D eigenvalue weighted by Gasteiger charge is 2.22. The molecule has 1 unspecified atom stereocenters. The van der Waals surface area contributed by atoms with Crippen LogP contribution in [0, 0.1) is 0 Å². The lowest BCUT2D eigenvalue weighted by Gasteiger charge is -2.34. The maximum Gasteiger partial charge on any atom is 0.0884 e. The van der Waals surface area contributed by atoms with E-state index in [-0.39, 0.29) is 0 Å². The first-order valence-electron chi connectivity index (χ1n) is 15.3. The molecule has 0 spiro atoms. The first-order valence-corrected chi connectivity index (χ1v) is 15.3. The minimum absolute atomic E-state index is 0.872. The highest BCUT2D eigenvalue weighted by molar-refractivity contribution is 4.60. The number of unbranched alkanes of at least 4 members (excludes halogenated alkanes) is 21. The zero-order valence-electron chi connectivity index (χ0n) is 23.7. The van der Waals surface area contributed by atoms with E-state index in [2.05, 4.69) is 35.0 Å². The summed E-state index contributed by atoms with van der Waals surface area (Å²) in [6, 6.07) is 0.872. The molecule has 0 heterocycles. The lowest BCUT2D eigenvalue weighted by atomic mass is 9.97. The van der Waals surface area contributed by atoms with E-state index in [0.29, 0.717) is 0 Å². The molecular formula is C31H66N+. The fraction of sp³-hybridized carbons (Fsp3) is 1.00. The molecule has 0 bridgehead atoms. The summed E-state index contributed by atoms with van der Waals surface area (Å²) in [5, 5.41) is 0. The van der Waals surface area contributed by atoms with Gasteiger partial charge < -0.3 is 4.48 Å². The van der Waals surface area contributed by atoms with Crippen molar-refractivity contribution >= 4 is 0 Å². The van der Waals surface area contributed by atoms with Crippen LogP contribution in [0.4, 0.5) is 0 Å². The molecule has 0 saturated carbocycles. The molecule has 0 amide bonds. The van der Waals surface area contributed by atoms with Crippen LogP contribution in [0.25, 0.3) is 0 Å². The van der Waals surface area contributed by atoms with Crippen LogP contribution in [0.1, 0.15) is 174 Å². The van der Waals surface area contributed by atoms with Gasteiger partial charge in [0, 0.05) is 0 Å². The van der Waals surface area contributed by atoms with E-state index < -0.39 is 0 Å².